The van der Waals surface area contributed by atoms with Crippen molar-refractivity contribution in [2.45, 2.75) is 19.8 Å². The van der Waals surface area contributed by atoms with Gasteiger partial charge in [-0.05, 0) is 44.0 Å². The van der Waals surface area contributed by atoms with E-state index in [2.05, 4.69) is 32.6 Å². The predicted molar refractivity (Wildman–Crippen MR) is 78.5 cm³/mol. The number of rotatable bonds is 4. The number of imidazole rings is 1. The summed E-state index contributed by atoms with van der Waals surface area (Å²) in [5.74, 6) is 2.03. The van der Waals surface area contributed by atoms with Crippen LogP contribution >= 0.6 is 0 Å². The Hall–Kier alpha value is -1.55. The maximum Gasteiger partial charge on any atom is 0.138 e. The lowest BCUT2D eigenvalue weighted by molar-refractivity contribution is 0.199. The third-order valence-corrected chi connectivity index (χ3v) is 4.04. The van der Waals surface area contributed by atoms with E-state index in [4.69, 9.17) is 0 Å². The first-order valence-electron chi connectivity index (χ1n) is 7.21. The zero-order valence-electron chi connectivity index (χ0n) is 11.5. The summed E-state index contributed by atoms with van der Waals surface area (Å²) in [6, 6.07) is 6.18. The Morgan fingerprint density at radius 1 is 1.32 bits per heavy atom. The van der Waals surface area contributed by atoms with Crippen LogP contribution in [0, 0.1) is 5.92 Å². The molecule has 0 amide bonds. The molecule has 3 heterocycles. The lowest BCUT2D eigenvalue weighted by Gasteiger charge is -2.30. The largest absolute Gasteiger partial charge is 0.370 e. The summed E-state index contributed by atoms with van der Waals surface area (Å²) in [5.41, 5.74) is 0.997. The summed E-state index contributed by atoms with van der Waals surface area (Å²) in [7, 11) is 0. The molecule has 0 unspecified atom stereocenters. The minimum atomic E-state index is 0.906. The van der Waals surface area contributed by atoms with Crippen molar-refractivity contribution in [1.82, 2.24) is 14.3 Å². The molecule has 4 heteroatoms. The number of pyridine rings is 1. The standard InChI is InChI=1S/C15H22N4/c1-13-5-9-18(10-6-13)11-7-16-14-3-2-4-15-17-8-12-19(14)15/h2-4,8,12-13,16H,5-7,9-11H2,1H3. The minimum Gasteiger partial charge on any atom is -0.370 e. The quantitative estimate of drug-likeness (QED) is 0.914. The molecule has 1 saturated heterocycles. The van der Waals surface area contributed by atoms with Gasteiger partial charge >= 0.3 is 0 Å². The Balaban J connectivity index is 1.53. The second kappa shape index (κ2) is 5.61. The SMILES string of the molecule is CC1CCN(CCNc2cccc3nccn23)CC1. The first-order chi connectivity index (χ1) is 9.33. The number of piperidine rings is 1. The first-order valence-corrected chi connectivity index (χ1v) is 7.21. The smallest absolute Gasteiger partial charge is 0.138 e. The molecule has 1 aliphatic rings. The van der Waals surface area contributed by atoms with Crippen molar-refractivity contribution in [3.63, 3.8) is 0 Å². The average molecular weight is 258 g/mol. The maximum absolute atomic E-state index is 4.30. The molecule has 0 atom stereocenters. The zero-order valence-corrected chi connectivity index (χ0v) is 11.5. The summed E-state index contributed by atoms with van der Waals surface area (Å²) < 4.78 is 2.10. The summed E-state index contributed by atoms with van der Waals surface area (Å²) in [5, 5.41) is 3.51. The molecule has 2 aromatic rings. The second-order valence-corrected chi connectivity index (χ2v) is 5.52. The van der Waals surface area contributed by atoms with Crippen molar-refractivity contribution in [3.8, 4) is 0 Å². The molecule has 0 saturated carbocycles. The Labute approximate surface area is 114 Å². The van der Waals surface area contributed by atoms with Gasteiger partial charge < -0.3 is 10.2 Å². The molecule has 0 spiro atoms. The van der Waals surface area contributed by atoms with E-state index in [0.717, 1.165) is 30.5 Å². The molecule has 0 radical (unpaired) electrons. The van der Waals surface area contributed by atoms with Gasteiger partial charge in [0, 0.05) is 25.5 Å². The van der Waals surface area contributed by atoms with Crippen molar-refractivity contribution in [3.05, 3.63) is 30.6 Å². The van der Waals surface area contributed by atoms with E-state index in [1.54, 1.807) is 0 Å². The Morgan fingerprint density at radius 3 is 3.00 bits per heavy atom. The molecule has 0 aromatic carbocycles. The Bertz CT molecular complexity index is 526. The summed E-state index contributed by atoms with van der Waals surface area (Å²) >= 11 is 0. The minimum absolute atomic E-state index is 0.906. The van der Waals surface area contributed by atoms with Gasteiger partial charge in [-0.2, -0.15) is 0 Å². The van der Waals surface area contributed by atoms with Crippen LogP contribution in [0.3, 0.4) is 0 Å². The van der Waals surface area contributed by atoms with Crippen LogP contribution in [0.5, 0.6) is 0 Å². The highest BCUT2D eigenvalue weighted by molar-refractivity contribution is 5.49. The van der Waals surface area contributed by atoms with Crippen molar-refractivity contribution in [2.24, 2.45) is 5.92 Å². The fourth-order valence-corrected chi connectivity index (χ4v) is 2.72. The number of hydrogen-bond donors (Lipinski definition) is 1. The van der Waals surface area contributed by atoms with E-state index < -0.39 is 0 Å². The van der Waals surface area contributed by atoms with E-state index in [1.165, 1.54) is 25.9 Å². The maximum atomic E-state index is 4.30. The number of fused-ring (bicyclic) bond motifs is 1. The van der Waals surface area contributed by atoms with Crippen molar-refractivity contribution in [1.29, 1.82) is 0 Å². The van der Waals surface area contributed by atoms with Gasteiger partial charge in [-0.1, -0.05) is 13.0 Å². The number of nitrogens with zero attached hydrogens (tertiary/aromatic N) is 3. The fourth-order valence-electron chi connectivity index (χ4n) is 2.72. The highest BCUT2D eigenvalue weighted by atomic mass is 15.2. The van der Waals surface area contributed by atoms with Gasteiger partial charge in [0.05, 0.1) is 0 Å². The third-order valence-electron chi connectivity index (χ3n) is 4.04. The van der Waals surface area contributed by atoms with E-state index in [0.29, 0.717) is 0 Å². The van der Waals surface area contributed by atoms with Crippen LogP contribution in [0.1, 0.15) is 19.8 Å². The van der Waals surface area contributed by atoms with Gasteiger partial charge in [-0.15, -0.1) is 0 Å². The molecule has 1 N–H and O–H groups in total. The Kier molecular flexibility index (Phi) is 3.69. The molecular weight excluding hydrogens is 236 g/mol. The summed E-state index contributed by atoms with van der Waals surface area (Å²) in [4.78, 5) is 6.85. The van der Waals surface area contributed by atoms with Crippen LogP contribution in [-0.2, 0) is 0 Å². The van der Waals surface area contributed by atoms with E-state index in [1.807, 2.05) is 24.5 Å². The molecule has 3 rings (SSSR count). The van der Waals surface area contributed by atoms with Crippen molar-refractivity contribution < 1.29 is 0 Å². The monoisotopic (exact) mass is 258 g/mol. The average Bonchev–Trinajstić information content (AvgIpc) is 2.90. The highest BCUT2D eigenvalue weighted by Gasteiger charge is 2.14. The number of aromatic nitrogens is 2. The third kappa shape index (κ3) is 2.89. The zero-order chi connectivity index (χ0) is 13.1. The van der Waals surface area contributed by atoms with Crippen LogP contribution in [0.2, 0.25) is 0 Å². The van der Waals surface area contributed by atoms with Crippen LogP contribution in [-0.4, -0.2) is 40.5 Å². The molecule has 4 nitrogen and oxygen atoms in total. The second-order valence-electron chi connectivity index (χ2n) is 5.52. The van der Waals surface area contributed by atoms with Gasteiger partial charge in [-0.25, -0.2) is 4.98 Å². The molecular formula is C15H22N4. The lowest BCUT2D eigenvalue weighted by Crippen LogP contribution is -2.36. The van der Waals surface area contributed by atoms with E-state index in [-0.39, 0.29) is 0 Å². The van der Waals surface area contributed by atoms with Crippen LogP contribution in [0.4, 0.5) is 5.82 Å². The summed E-state index contributed by atoms with van der Waals surface area (Å²) in [6.07, 6.45) is 6.53. The van der Waals surface area contributed by atoms with Gasteiger partial charge in [-0.3, -0.25) is 4.40 Å². The number of nitrogens with one attached hydrogen (secondary N) is 1. The van der Waals surface area contributed by atoms with Gasteiger partial charge in [0.1, 0.15) is 11.5 Å². The van der Waals surface area contributed by atoms with Gasteiger partial charge in [0.15, 0.2) is 0 Å². The van der Waals surface area contributed by atoms with E-state index in [9.17, 15) is 0 Å². The van der Waals surface area contributed by atoms with Crippen LogP contribution in [0.15, 0.2) is 30.6 Å². The van der Waals surface area contributed by atoms with Gasteiger partial charge in [0.2, 0.25) is 0 Å². The van der Waals surface area contributed by atoms with Crippen LogP contribution in [0.25, 0.3) is 5.65 Å². The molecule has 102 valence electrons. The first kappa shape index (κ1) is 12.5. The fraction of sp³-hybridized carbons (Fsp3) is 0.533. The normalized spacial score (nSPS) is 17.9. The molecule has 0 bridgehead atoms. The number of anilines is 1. The molecule has 1 fully saturated rings. The van der Waals surface area contributed by atoms with Crippen molar-refractivity contribution in [2.75, 3.05) is 31.5 Å². The highest BCUT2D eigenvalue weighted by Crippen LogP contribution is 2.15. The molecule has 2 aromatic heterocycles. The predicted octanol–water partition coefficient (Wildman–Crippen LogP) is 2.48. The molecule has 0 aliphatic carbocycles. The van der Waals surface area contributed by atoms with E-state index >= 15 is 0 Å². The lowest BCUT2D eigenvalue weighted by atomic mass is 9.99. The number of hydrogen-bond acceptors (Lipinski definition) is 3. The topological polar surface area (TPSA) is 32.6 Å². The van der Waals surface area contributed by atoms with Gasteiger partial charge in [0.25, 0.3) is 0 Å². The Morgan fingerprint density at radius 2 is 2.16 bits per heavy atom. The number of likely N-dealkylation sites (tertiary alicyclic amines) is 1. The molecule has 1 aliphatic heterocycles. The molecule has 19 heavy (non-hydrogen) atoms. The summed E-state index contributed by atoms with van der Waals surface area (Å²) in [6.45, 7) is 6.97. The van der Waals surface area contributed by atoms with Crippen LogP contribution < -0.4 is 5.32 Å². The van der Waals surface area contributed by atoms with Crippen molar-refractivity contribution >= 4 is 11.5 Å².